The molecule has 1 aliphatic heterocycles. The van der Waals surface area contributed by atoms with Gasteiger partial charge in [-0.25, -0.2) is 0 Å². The van der Waals surface area contributed by atoms with Crippen LogP contribution in [0.25, 0.3) is 0 Å². The van der Waals surface area contributed by atoms with Crippen LogP contribution in [-0.4, -0.2) is 32.6 Å². The van der Waals surface area contributed by atoms with E-state index in [4.69, 9.17) is 9.47 Å². The fourth-order valence-electron chi connectivity index (χ4n) is 1.28. The van der Waals surface area contributed by atoms with Gasteiger partial charge in [0.1, 0.15) is 6.79 Å². The number of rotatable bonds is 5. The first-order valence-electron chi connectivity index (χ1n) is 4.94. The van der Waals surface area contributed by atoms with Crippen molar-refractivity contribution in [1.82, 2.24) is 5.32 Å². The molecule has 0 saturated carbocycles. The van der Waals surface area contributed by atoms with Crippen LogP contribution in [0.15, 0.2) is 12.2 Å². The van der Waals surface area contributed by atoms with E-state index in [1.165, 1.54) is 0 Å². The molecule has 0 aliphatic carbocycles. The molecule has 1 heterocycles. The number of ether oxygens (including phenoxy) is 2. The maximum Gasteiger partial charge on any atom is 0.147 e. The van der Waals surface area contributed by atoms with Gasteiger partial charge in [-0.3, -0.25) is 0 Å². The van der Waals surface area contributed by atoms with E-state index in [2.05, 4.69) is 17.5 Å². The zero-order chi connectivity index (χ0) is 9.36. The summed E-state index contributed by atoms with van der Waals surface area (Å²) in [5.74, 6) is 0. The van der Waals surface area contributed by atoms with Crippen molar-refractivity contribution in [2.24, 2.45) is 0 Å². The average molecular weight is 185 g/mol. The summed E-state index contributed by atoms with van der Waals surface area (Å²) >= 11 is 0. The Morgan fingerprint density at radius 3 is 3.15 bits per heavy atom. The minimum Gasteiger partial charge on any atom is -0.355 e. The van der Waals surface area contributed by atoms with E-state index in [-0.39, 0.29) is 0 Å². The van der Waals surface area contributed by atoms with Crippen LogP contribution in [0.1, 0.15) is 19.8 Å². The molecule has 3 heteroatoms. The highest BCUT2D eigenvalue weighted by Gasteiger charge is 2.12. The van der Waals surface area contributed by atoms with E-state index in [1.54, 1.807) is 0 Å². The summed E-state index contributed by atoms with van der Waals surface area (Å²) in [6, 6.07) is 0. The van der Waals surface area contributed by atoms with Crippen molar-refractivity contribution in [1.29, 1.82) is 0 Å². The molecule has 0 bridgehead atoms. The van der Waals surface area contributed by atoms with Crippen LogP contribution < -0.4 is 5.32 Å². The Labute approximate surface area is 80.1 Å². The molecule has 0 radical (unpaired) electrons. The fourth-order valence-corrected chi connectivity index (χ4v) is 1.28. The molecule has 1 saturated heterocycles. The molecule has 13 heavy (non-hydrogen) atoms. The smallest absolute Gasteiger partial charge is 0.147 e. The summed E-state index contributed by atoms with van der Waals surface area (Å²) in [6.45, 7) is 5.32. The van der Waals surface area contributed by atoms with Crippen molar-refractivity contribution in [3.05, 3.63) is 12.2 Å². The van der Waals surface area contributed by atoms with Gasteiger partial charge in [0.2, 0.25) is 0 Å². The van der Waals surface area contributed by atoms with Gasteiger partial charge >= 0.3 is 0 Å². The van der Waals surface area contributed by atoms with Crippen LogP contribution in [0.2, 0.25) is 0 Å². The topological polar surface area (TPSA) is 30.5 Å². The monoisotopic (exact) mass is 185 g/mol. The molecule has 3 nitrogen and oxygen atoms in total. The zero-order valence-corrected chi connectivity index (χ0v) is 8.29. The third kappa shape index (κ3) is 5.03. The Hall–Kier alpha value is -0.380. The van der Waals surface area contributed by atoms with E-state index in [0.29, 0.717) is 12.9 Å². The normalized spacial score (nSPS) is 23.9. The maximum atomic E-state index is 5.38. The quantitative estimate of drug-likeness (QED) is 0.517. The highest BCUT2D eigenvalue weighted by molar-refractivity contribution is 4.77. The van der Waals surface area contributed by atoms with E-state index in [0.717, 1.165) is 32.5 Å². The summed E-state index contributed by atoms with van der Waals surface area (Å²) in [5.41, 5.74) is 0. The fraction of sp³-hybridized carbons (Fsp3) is 0.800. The lowest BCUT2D eigenvalue weighted by molar-refractivity contribution is -0.137. The minimum atomic E-state index is 0.347. The second kappa shape index (κ2) is 7.06. The Kier molecular flexibility index (Phi) is 5.81. The van der Waals surface area contributed by atoms with Gasteiger partial charge in [-0.05, 0) is 26.3 Å². The molecule has 0 spiro atoms. The Bertz CT molecular complexity index is 142. The summed E-state index contributed by atoms with van der Waals surface area (Å²) in [4.78, 5) is 0. The second-order valence-electron chi connectivity index (χ2n) is 3.17. The van der Waals surface area contributed by atoms with Gasteiger partial charge in [-0.1, -0.05) is 12.2 Å². The van der Waals surface area contributed by atoms with E-state index in [9.17, 15) is 0 Å². The Morgan fingerprint density at radius 2 is 2.46 bits per heavy atom. The Balaban J connectivity index is 1.92. The van der Waals surface area contributed by atoms with Crippen LogP contribution in [-0.2, 0) is 9.47 Å². The first-order valence-corrected chi connectivity index (χ1v) is 4.94. The van der Waals surface area contributed by atoms with Crippen LogP contribution >= 0.6 is 0 Å². The number of allylic oxidation sites excluding steroid dienone is 1. The molecule has 1 N–H and O–H groups in total. The second-order valence-corrected chi connectivity index (χ2v) is 3.17. The van der Waals surface area contributed by atoms with Gasteiger partial charge < -0.3 is 14.8 Å². The predicted octanol–water partition coefficient (Wildman–Crippen LogP) is 1.31. The lowest BCUT2D eigenvalue weighted by atomic mass is 10.2. The van der Waals surface area contributed by atoms with Crippen LogP contribution in [0.5, 0.6) is 0 Å². The molecule has 76 valence electrons. The summed E-state index contributed by atoms with van der Waals surface area (Å²) < 4.78 is 10.5. The van der Waals surface area contributed by atoms with E-state index < -0.39 is 0 Å². The number of hydrogen-bond donors (Lipinski definition) is 1. The van der Waals surface area contributed by atoms with Gasteiger partial charge in [-0.15, -0.1) is 0 Å². The zero-order valence-electron chi connectivity index (χ0n) is 8.29. The predicted molar refractivity (Wildman–Crippen MR) is 52.6 cm³/mol. The highest BCUT2D eigenvalue weighted by Crippen LogP contribution is 2.04. The van der Waals surface area contributed by atoms with Gasteiger partial charge in [0.15, 0.2) is 0 Å². The lowest BCUT2D eigenvalue weighted by Gasteiger charge is -2.22. The minimum absolute atomic E-state index is 0.347. The summed E-state index contributed by atoms with van der Waals surface area (Å²) in [5, 5.41) is 3.36. The van der Waals surface area contributed by atoms with Crippen molar-refractivity contribution in [2.75, 3.05) is 26.5 Å². The first kappa shape index (κ1) is 10.7. The molecular weight excluding hydrogens is 166 g/mol. The Morgan fingerprint density at radius 1 is 1.54 bits per heavy atom. The molecule has 1 aliphatic rings. The van der Waals surface area contributed by atoms with Crippen molar-refractivity contribution in [3.8, 4) is 0 Å². The van der Waals surface area contributed by atoms with E-state index >= 15 is 0 Å². The van der Waals surface area contributed by atoms with Crippen molar-refractivity contribution in [2.45, 2.75) is 25.9 Å². The van der Waals surface area contributed by atoms with Crippen molar-refractivity contribution >= 4 is 0 Å². The van der Waals surface area contributed by atoms with Crippen molar-refractivity contribution in [3.63, 3.8) is 0 Å². The molecule has 0 aromatic carbocycles. The van der Waals surface area contributed by atoms with Gasteiger partial charge in [-0.2, -0.15) is 0 Å². The number of nitrogens with one attached hydrogen (secondary N) is 1. The summed E-state index contributed by atoms with van der Waals surface area (Å²) in [7, 11) is 0. The highest BCUT2D eigenvalue weighted by atomic mass is 16.7. The first-order chi connectivity index (χ1) is 6.43. The summed E-state index contributed by atoms with van der Waals surface area (Å²) in [6.07, 6.45) is 6.69. The van der Waals surface area contributed by atoms with Crippen LogP contribution in [0.4, 0.5) is 0 Å². The standard InChI is InChI=1S/C10H19NO2/c1-2-3-4-6-11-8-10-5-7-12-9-13-10/h2-3,10-11H,4-9H2,1H3/b3-2+. The maximum absolute atomic E-state index is 5.38. The largest absolute Gasteiger partial charge is 0.355 e. The number of hydrogen-bond acceptors (Lipinski definition) is 3. The SMILES string of the molecule is C/C=C/CCNCC1CCOCO1. The molecule has 1 fully saturated rings. The van der Waals surface area contributed by atoms with Crippen LogP contribution in [0, 0.1) is 0 Å². The molecule has 1 atom stereocenters. The van der Waals surface area contributed by atoms with Gasteiger partial charge in [0.05, 0.1) is 12.7 Å². The van der Waals surface area contributed by atoms with Gasteiger partial charge in [0.25, 0.3) is 0 Å². The molecule has 1 unspecified atom stereocenters. The lowest BCUT2D eigenvalue weighted by Crippen LogP contribution is -2.34. The van der Waals surface area contributed by atoms with Gasteiger partial charge in [0, 0.05) is 6.54 Å². The van der Waals surface area contributed by atoms with Crippen molar-refractivity contribution < 1.29 is 9.47 Å². The average Bonchev–Trinajstić information content (AvgIpc) is 2.19. The molecule has 0 aromatic heterocycles. The van der Waals surface area contributed by atoms with Crippen LogP contribution in [0.3, 0.4) is 0 Å². The third-order valence-electron chi connectivity index (χ3n) is 2.07. The molecule has 0 amide bonds. The molecular formula is C10H19NO2. The van der Waals surface area contributed by atoms with E-state index in [1.807, 2.05) is 6.92 Å². The third-order valence-corrected chi connectivity index (χ3v) is 2.07. The molecule has 0 aromatic rings. The molecule has 1 rings (SSSR count).